The molecule has 0 saturated heterocycles. The van der Waals surface area contributed by atoms with Crippen molar-refractivity contribution in [1.29, 1.82) is 0 Å². The number of nitrogens with two attached hydrogens (primary N) is 1. The van der Waals surface area contributed by atoms with E-state index in [0.29, 0.717) is 18.7 Å². The topological polar surface area (TPSA) is 131 Å². The van der Waals surface area contributed by atoms with E-state index in [1.165, 1.54) is 12.1 Å². The molecule has 1 heterocycles. The molecule has 0 aromatic carbocycles. The molecule has 8 nitrogen and oxygen atoms in total. The van der Waals surface area contributed by atoms with Crippen molar-refractivity contribution >= 4 is 23.3 Å². The van der Waals surface area contributed by atoms with Crippen LogP contribution < -0.4 is 11.1 Å². The molecule has 0 amide bonds. The minimum Gasteiger partial charge on any atom is -0.481 e. The molecule has 0 spiro atoms. The van der Waals surface area contributed by atoms with Crippen LogP contribution in [0.4, 0.5) is 17.3 Å². The van der Waals surface area contributed by atoms with Crippen molar-refractivity contribution in [3.05, 3.63) is 22.2 Å². The van der Waals surface area contributed by atoms with Crippen LogP contribution in [0.25, 0.3) is 0 Å². The average molecular weight is 280 g/mol. The highest BCUT2D eigenvalue weighted by atomic mass is 16.6. The van der Waals surface area contributed by atoms with Gasteiger partial charge in [0.05, 0.1) is 10.3 Å². The summed E-state index contributed by atoms with van der Waals surface area (Å²) in [5.41, 5.74) is 4.39. The number of carboxylic acids is 1. The standard InChI is InChI=1S/C12H16N4O4/c1-12(11(17)18)6-2-3-8(12)14-9-5-4-7(16(19)20)10(13)15-9/h4-5,8H,2-3,6H2,1H3,(H,17,18)(H3,13,14,15). The molecule has 2 atom stereocenters. The summed E-state index contributed by atoms with van der Waals surface area (Å²) < 4.78 is 0. The Hall–Kier alpha value is -2.38. The van der Waals surface area contributed by atoms with Crippen molar-refractivity contribution in [2.75, 3.05) is 11.1 Å². The predicted octanol–water partition coefficient (Wildman–Crippen LogP) is 1.63. The largest absolute Gasteiger partial charge is 0.481 e. The molecule has 0 bridgehead atoms. The molecule has 1 saturated carbocycles. The van der Waals surface area contributed by atoms with Gasteiger partial charge in [-0.3, -0.25) is 14.9 Å². The number of carbonyl (C=O) groups is 1. The summed E-state index contributed by atoms with van der Waals surface area (Å²) in [6.07, 6.45) is 2.10. The molecule has 1 aromatic heterocycles. The lowest BCUT2D eigenvalue weighted by Gasteiger charge is -2.28. The monoisotopic (exact) mass is 280 g/mol. The Kier molecular flexibility index (Phi) is 3.47. The molecule has 108 valence electrons. The molecular weight excluding hydrogens is 264 g/mol. The molecule has 0 aliphatic heterocycles. The number of rotatable bonds is 4. The van der Waals surface area contributed by atoms with Gasteiger partial charge in [0.15, 0.2) is 0 Å². The number of nitrogens with one attached hydrogen (secondary N) is 1. The van der Waals surface area contributed by atoms with Crippen LogP contribution in [-0.2, 0) is 4.79 Å². The Morgan fingerprint density at radius 1 is 1.65 bits per heavy atom. The minimum absolute atomic E-state index is 0.185. The summed E-state index contributed by atoms with van der Waals surface area (Å²) >= 11 is 0. The predicted molar refractivity (Wildman–Crippen MR) is 72.3 cm³/mol. The number of hydrogen-bond acceptors (Lipinski definition) is 6. The Morgan fingerprint density at radius 3 is 2.90 bits per heavy atom. The van der Waals surface area contributed by atoms with Gasteiger partial charge in [0.1, 0.15) is 5.82 Å². The van der Waals surface area contributed by atoms with Gasteiger partial charge in [-0.05, 0) is 25.8 Å². The van der Waals surface area contributed by atoms with E-state index in [0.717, 1.165) is 6.42 Å². The van der Waals surface area contributed by atoms with Crippen molar-refractivity contribution in [1.82, 2.24) is 4.98 Å². The lowest BCUT2D eigenvalue weighted by molar-refractivity contribution is -0.384. The zero-order valence-electron chi connectivity index (χ0n) is 11.0. The van der Waals surface area contributed by atoms with E-state index in [1.54, 1.807) is 6.92 Å². The summed E-state index contributed by atoms with van der Waals surface area (Å²) in [4.78, 5) is 25.3. The zero-order chi connectivity index (χ0) is 14.9. The molecule has 1 aliphatic rings. The number of carboxylic acid groups (broad SMARTS) is 1. The van der Waals surface area contributed by atoms with E-state index < -0.39 is 16.3 Å². The number of hydrogen-bond donors (Lipinski definition) is 3. The van der Waals surface area contributed by atoms with Crippen molar-refractivity contribution < 1.29 is 14.8 Å². The molecule has 2 unspecified atom stereocenters. The molecule has 8 heteroatoms. The summed E-state index contributed by atoms with van der Waals surface area (Å²) in [5, 5.41) is 23.0. The molecule has 4 N–H and O–H groups in total. The van der Waals surface area contributed by atoms with E-state index in [1.807, 2.05) is 0 Å². The number of anilines is 2. The first-order valence-electron chi connectivity index (χ1n) is 6.25. The van der Waals surface area contributed by atoms with Gasteiger partial charge in [-0.2, -0.15) is 0 Å². The van der Waals surface area contributed by atoms with Crippen LogP contribution >= 0.6 is 0 Å². The minimum atomic E-state index is -0.863. The van der Waals surface area contributed by atoms with Crippen LogP contribution in [-0.4, -0.2) is 27.0 Å². The Balaban J connectivity index is 2.20. The molecule has 1 aliphatic carbocycles. The van der Waals surface area contributed by atoms with Gasteiger partial charge in [0.25, 0.3) is 0 Å². The second-order valence-electron chi connectivity index (χ2n) is 5.17. The van der Waals surface area contributed by atoms with Gasteiger partial charge >= 0.3 is 11.7 Å². The van der Waals surface area contributed by atoms with E-state index >= 15 is 0 Å². The second kappa shape index (κ2) is 4.95. The van der Waals surface area contributed by atoms with Crippen LogP contribution in [0.1, 0.15) is 26.2 Å². The van der Waals surface area contributed by atoms with Crippen LogP contribution in [0.15, 0.2) is 12.1 Å². The normalized spacial score (nSPS) is 25.4. The number of aliphatic carboxylic acids is 1. The highest BCUT2D eigenvalue weighted by Gasteiger charge is 2.45. The Labute approximate surface area is 115 Å². The maximum Gasteiger partial charge on any atom is 0.311 e. The van der Waals surface area contributed by atoms with E-state index in [2.05, 4.69) is 10.3 Å². The summed E-state index contributed by atoms with van der Waals surface area (Å²) in [6, 6.07) is 2.43. The first kappa shape index (κ1) is 14.0. The van der Waals surface area contributed by atoms with Crippen molar-refractivity contribution in [2.45, 2.75) is 32.2 Å². The van der Waals surface area contributed by atoms with Gasteiger partial charge < -0.3 is 16.2 Å². The molecule has 2 rings (SSSR count). The zero-order valence-corrected chi connectivity index (χ0v) is 11.0. The first-order valence-corrected chi connectivity index (χ1v) is 6.25. The van der Waals surface area contributed by atoms with Crippen LogP contribution in [0.5, 0.6) is 0 Å². The van der Waals surface area contributed by atoms with Gasteiger partial charge in [0.2, 0.25) is 5.82 Å². The summed E-state index contributed by atoms with van der Waals surface area (Å²) in [7, 11) is 0. The maximum atomic E-state index is 11.4. The number of nitrogen functional groups attached to an aromatic ring is 1. The van der Waals surface area contributed by atoms with Crippen molar-refractivity contribution in [2.24, 2.45) is 5.41 Å². The smallest absolute Gasteiger partial charge is 0.311 e. The summed E-state index contributed by atoms with van der Waals surface area (Å²) in [6.45, 7) is 1.69. The lowest BCUT2D eigenvalue weighted by Crippen LogP contribution is -2.40. The highest BCUT2D eigenvalue weighted by Crippen LogP contribution is 2.40. The maximum absolute atomic E-state index is 11.4. The van der Waals surface area contributed by atoms with Gasteiger partial charge in [-0.25, -0.2) is 4.98 Å². The third kappa shape index (κ3) is 2.36. The average Bonchev–Trinajstić information content (AvgIpc) is 2.72. The number of nitro groups is 1. The molecule has 1 fully saturated rings. The van der Waals surface area contributed by atoms with Crippen LogP contribution in [0, 0.1) is 15.5 Å². The van der Waals surface area contributed by atoms with Crippen LogP contribution in [0.3, 0.4) is 0 Å². The van der Waals surface area contributed by atoms with E-state index in [9.17, 15) is 20.0 Å². The number of nitrogens with zero attached hydrogens (tertiary/aromatic N) is 2. The SMILES string of the molecule is CC1(C(=O)O)CCCC1Nc1ccc([N+](=O)[O-])c(N)n1. The fraction of sp³-hybridized carbons (Fsp3) is 0.500. The molecular formula is C12H16N4O4. The second-order valence-corrected chi connectivity index (χ2v) is 5.17. The quantitative estimate of drug-likeness (QED) is 0.564. The van der Waals surface area contributed by atoms with Crippen LogP contribution in [0.2, 0.25) is 0 Å². The fourth-order valence-electron chi connectivity index (χ4n) is 2.53. The van der Waals surface area contributed by atoms with Gasteiger partial charge in [-0.1, -0.05) is 6.42 Å². The Bertz CT molecular complexity index is 562. The van der Waals surface area contributed by atoms with Crippen molar-refractivity contribution in [3.8, 4) is 0 Å². The fourth-order valence-corrected chi connectivity index (χ4v) is 2.53. The Morgan fingerprint density at radius 2 is 2.35 bits per heavy atom. The number of aromatic nitrogens is 1. The third-order valence-corrected chi connectivity index (χ3v) is 3.87. The number of pyridine rings is 1. The van der Waals surface area contributed by atoms with E-state index in [4.69, 9.17) is 5.73 Å². The molecule has 0 radical (unpaired) electrons. The first-order chi connectivity index (χ1) is 9.34. The van der Waals surface area contributed by atoms with E-state index in [-0.39, 0.29) is 17.5 Å². The third-order valence-electron chi connectivity index (χ3n) is 3.87. The lowest BCUT2D eigenvalue weighted by atomic mass is 9.85. The molecule has 20 heavy (non-hydrogen) atoms. The molecule has 1 aromatic rings. The van der Waals surface area contributed by atoms with Gasteiger partial charge in [-0.15, -0.1) is 0 Å². The summed E-state index contributed by atoms with van der Waals surface area (Å²) in [5.74, 6) is -0.690. The van der Waals surface area contributed by atoms with Crippen molar-refractivity contribution in [3.63, 3.8) is 0 Å². The van der Waals surface area contributed by atoms with Gasteiger partial charge in [0, 0.05) is 12.1 Å². The highest BCUT2D eigenvalue weighted by molar-refractivity contribution is 5.76.